The number of benzene rings is 1. The van der Waals surface area contributed by atoms with E-state index in [-0.39, 0.29) is 28.7 Å². The molecule has 1 atom stereocenters. The second kappa shape index (κ2) is 11.7. The van der Waals surface area contributed by atoms with E-state index in [4.69, 9.17) is 21.3 Å². The number of hydrogen-bond acceptors (Lipinski definition) is 4. The van der Waals surface area contributed by atoms with E-state index in [9.17, 15) is 0 Å². The van der Waals surface area contributed by atoms with Crippen LogP contribution < -0.4 is 15.5 Å². The van der Waals surface area contributed by atoms with Gasteiger partial charge in [-0.15, -0.1) is 24.0 Å². The highest BCUT2D eigenvalue weighted by Crippen LogP contribution is 2.34. The van der Waals surface area contributed by atoms with Crippen molar-refractivity contribution >= 4 is 59.0 Å². The molecule has 0 aliphatic carbocycles. The molecule has 0 amide bonds. The van der Waals surface area contributed by atoms with Gasteiger partial charge >= 0.3 is 0 Å². The molecule has 2 fully saturated rings. The molecule has 8 heteroatoms. The topological polar surface area (TPSA) is 48.9 Å². The smallest absolute Gasteiger partial charge is 0.191 e. The van der Waals surface area contributed by atoms with E-state index < -0.39 is 0 Å². The minimum Gasteiger partial charge on any atom is -0.381 e. The molecule has 0 radical (unpaired) electrons. The second-order valence-electron chi connectivity index (χ2n) is 7.25. The molecule has 2 N–H and O–H groups in total. The van der Waals surface area contributed by atoms with Crippen LogP contribution in [0.25, 0.3) is 0 Å². The van der Waals surface area contributed by atoms with Crippen molar-refractivity contribution in [1.29, 1.82) is 0 Å². The molecule has 0 aromatic heterocycles. The molecule has 2 aliphatic heterocycles. The van der Waals surface area contributed by atoms with Gasteiger partial charge in [0.05, 0.1) is 6.54 Å². The molecule has 0 spiro atoms. The number of halogens is 2. The van der Waals surface area contributed by atoms with Crippen molar-refractivity contribution in [2.45, 2.75) is 37.0 Å². The first kappa shape index (κ1) is 23.9. The molecular weight excluding hydrogens is 507 g/mol. The highest BCUT2D eigenvalue weighted by Gasteiger charge is 2.32. The molecule has 28 heavy (non-hydrogen) atoms. The van der Waals surface area contributed by atoms with E-state index in [1.807, 2.05) is 30.0 Å². The molecule has 0 bridgehead atoms. The lowest BCUT2D eigenvalue weighted by atomic mass is 9.99. The zero-order valence-corrected chi connectivity index (χ0v) is 20.7. The fourth-order valence-corrected chi connectivity index (χ4v) is 4.65. The van der Waals surface area contributed by atoms with Crippen LogP contribution in [0.1, 0.15) is 26.2 Å². The number of guanidine groups is 1. The highest BCUT2D eigenvalue weighted by molar-refractivity contribution is 14.0. The first-order chi connectivity index (χ1) is 13.1. The molecule has 5 nitrogen and oxygen atoms in total. The zero-order valence-electron chi connectivity index (χ0n) is 16.7. The van der Waals surface area contributed by atoms with E-state index in [1.165, 1.54) is 5.69 Å². The maximum Gasteiger partial charge on any atom is 0.191 e. The monoisotopic (exact) mass is 538 g/mol. The summed E-state index contributed by atoms with van der Waals surface area (Å²) in [6.07, 6.45) is 5.44. The Bertz CT molecular complexity index is 642. The normalized spacial score (nSPS) is 21.9. The van der Waals surface area contributed by atoms with Gasteiger partial charge in [0, 0.05) is 54.3 Å². The van der Waals surface area contributed by atoms with Crippen LogP contribution in [0.15, 0.2) is 29.3 Å². The van der Waals surface area contributed by atoms with Gasteiger partial charge in [0.25, 0.3) is 0 Å². The van der Waals surface area contributed by atoms with Crippen LogP contribution in [0.5, 0.6) is 0 Å². The van der Waals surface area contributed by atoms with Crippen molar-refractivity contribution in [3.8, 4) is 0 Å². The fourth-order valence-electron chi connectivity index (χ4n) is 3.69. The quantitative estimate of drug-likeness (QED) is 0.326. The number of rotatable bonds is 6. The molecule has 1 aromatic carbocycles. The Balaban J connectivity index is 0.00000280. The summed E-state index contributed by atoms with van der Waals surface area (Å²) < 4.78 is 5.75. The number of thioether (sulfide) groups is 1. The molecular formula is C20H32ClIN4OS. The summed E-state index contributed by atoms with van der Waals surface area (Å²) in [7, 11) is 0. The van der Waals surface area contributed by atoms with Gasteiger partial charge in [-0.2, -0.15) is 11.8 Å². The summed E-state index contributed by atoms with van der Waals surface area (Å²) in [4.78, 5) is 7.32. The second-order valence-corrected chi connectivity index (χ2v) is 8.96. The number of nitrogens with zero attached hydrogens (tertiary/aromatic N) is 2. The van der Waals surface area contributed by atoms with Crippen LogP contribution in [0, 0.1) is 0 Å². The summed E-state index contributed by atoms with van der Waals surface area (Å²) in [5, 5.41) is 7.84. The van der Waals surface area contributed by atoms with Crippen LogP contribution in [0.3, 0.4) is 0 Å². The lowest BCUT2D eigenvalue weighted by molar-refractivity contribution is 0.0794. The predicted molar refractivity (Wildman–Crippen MR) is 133 cm³/mol. The molecule has 0 saturated carbocycles. The van der Waals surface area contributed by atoms with E-state index in [0.717, 1.165) is 69.6 Å². The number of anilines is 1. The van der Waals surface area contributed by atoms with E-state index in [0.29, 0.717) is 6.04 Å². The van der Waals surface area contributed by atoms with Gasteiger partial charge in [0.2, 0.25) is 0 Å². The maximum absolute atomic E-state index is 6.14. The Morgan fingerprint density at radius 3 is 2.86 bits per heavy atom. The fraction of sp³-hybridized carbons (Fsp3) is 0.650. The van der Waals surface area contributed by atoms with Gasteiger partial charge in [0.15, 0.2) is 5.96 Å². The SMILES string of the molecule is CCNC(=NCC1(SC)CCOCC1)NC1CCN(c2cccc(Cl)c2)C1.I. The number of ether oxygens (including phenoxy) is 1. The Labute approximate surface area is 195 Å². The van der Waals surface area contributed by atoms with Gasteiger partial charge in [-0.1, -0.05) is 17.7 Å². The van der Waals surface area contributed by atoms with Crippen LogP contribution in [-0.4, -0.2) is 62.4 Å². The van der Waals surface area contributed by atoms with Gasteiger partial charge in [-0.25, -0.2) is 0 Å². The third-order valence-corrected chi connectivity index (χ3v) is 7.05. The molecule has 2 saturated heterocycles. The summed E-state index contributed by atoms with van der Waals surface area (Å²) in [6, 6.07) is 8.49. The maximum atomic E-state index is 6.14. The van der Waals surface area contributed by atoms with E-state index in [1.54, 1.807) is 0 Å². The van der Waals surface area contributed by atoms with Gasteiger partial charge < -0.3 is 20.3 Å². The van der Waals surface area contributed by atoms with E-state index in [2.05, 4.69) is 34.8 Å². The van der Waals surface area contributed by atoms with Gasteiger partial charge in [0.1, 0.15) is 0 Å². The Morgan fingerprint density at radius 2 is 2.18 bits per heavy atom. The third kappa shape index (κ3) is 6.57. The lowest BCUT2D eigenvalue weighted by Crippen LogP contribution is -2.46. The van der Waals surface area contributed by atoms with E-state index >= 15 is 0 Å². The number of aliphatic imine (C=N–C) groups is 1. The molecule has 158 valence electrons. The summed E-state index contributed by atoms with van der Waals surface area (Å²) in [6.45, 7) is 7.50. The van der Waals surface area contributed by atoms with Crippen LogP contribution >= 0.6 is 47.3 Å². The molecule has 1 unspecified atom stereocenters. The summed E-state index contributed by atoms with van der Waals surface area (Å²) in [5.41, 5.74) is 1.19. The predicted octanol–water partition coefficient (Wildman–Crippen LogP) is 4.00. The van der Waals surface area contributed by atoms with Crippen LogP contribution in [0.2, 0.25) is 5.02 Å². The van der Waals surface area contributed by atoms with Gasteiger partial charge in [-0.3, -0.25) is 4.99 Å². The Kier molecular flexibility index (Phi) is 10.00. The number of hydrogen-bond donors (Lipinski definition) is 2. The van der Waals surface area contributed by atoms with Crippen molar-refractivity contribution in [2.75, 3.05) is 50.5 Å². The number of nitrogens with one attached hydrogen (secondary N) is 2. The van der Waals surface area contributed by atoms with Crippen molar-refractivity contribution in [1.82, 2.24) is 10.6 Å². The Hall–Kier alpha value is -0.380. The Morgan fingerprint density at radius 1 is 1.39 bits per heavy atom. The molecule has 3 rings (SSSR count). The average molecular weight is 539 g/mol. The summed E-state index contributed by atoms with van der Waals surface area (Å²) in [5.74, 6) is 0.926. The largest absolute Gasteiger partial charge is 0.381 e. The van der Waals surface area contributed by atoms with Crippen LogP contribution in [-0.2, 0) is 4.74 Å². The standard InChI is InChI=1S/C20H31ClN4OS.HI/c1-3-22-19(23-15-20(27-2)8-11-26-12-9-20)24-17-7-10-25(14-17)18-6-4-5-16(21)13-18;/h4-6,13,17H,3,7-12,14-15H2,1-2H3,(H2,22,23,24);1H. The average Bonchev–Trinajstić information content (AvgIpc) is 3.16. The van der Waals surface area contributed by atoms with Crippen molar-refractivity contribution in [3.05, 3.63) is 29.3 Å². The molecule has 2 heterocycles. The molecule has 1 aromatic rings. The van der Waals surface area contributed by atoms with Crippen LogP contribution in [0.4, 0.5) is 5.69 Å². The van der Waals surface area contributed by atoms with Crippen molar-refractivity contribution in [2.24, 2.45) is 4.99 Å². The minimum atomic E-state index is 0. The van der Waals surface area contributed by atoms with Gasteiger partial charge in [-0.05, 0) is 50.6 Å². The van der Waals surface area contributed by atoms with Crippen molar-refractivity contribution < 1.29 is 4.74 Å². The summed E-state index contributed by atoms with van der Waals surface area (Å²) >= 11 is 8.08. The van der Waals surface area contributed by atoms with Crippen molar-refractivity contribution in [3.63, 3.8) is 0 Å². The zero-order chi connectivity index (χ0) is 19.1. The third-order valence-electron chi connectivity index (χ3n) is 5.41. The lowest BCUT2D eigenvalue weighted by Gasteiger charge is -2.34. The first-order valence-corrected chi connectivity index (χ1v) is 11.4. The molecule has 2 aliphatic rings. The highest BCUT2D eigenvalue weighted by atomic mass is 127. The first-order valence-electron chi connectivity index (χ1n) is 9.82. The minimum absolute atomic E-state index is 0.